The van der Waals surface area contributed by atoms with Crippen molar-refractivity contribution < 1.29 is 8.42 Å². The molecule has 0 saturated carbocycles. The molecule has 182 valence electrons. The van der Waals surface area contributed by atoms with Crippen LogP contribution in [0, 0.1) is 0 Å². The molecule has 0 bridgehead atoms. The molecular formula is C25H28N6O2S2. The second-order valence-corrected chi connectivity index (χ2v) is 11.3. The Balaban J connectivity index is 1.39. The van der Waals surface area contributed by atoms with E-state index in [1.165, 1.54) is 5.69 Å². The van der Waals surface area contributed by atoms with Gasteiger partial charge in [0.15, 0.2) is 0 Å². The highest BCUT2D eigenvalue weighted by Crippen LogP contribution is 2.34. The van der Waals surface area contributed by atoms with Crippen LogP contribution < -0.4 is 14.9 Å². The Morgan fingerprint density at radius 2 is 1.80 bits per heavy atom. The first kappa shape index (κ1) is 23.5. The molecule has 0 atom stereocenters. The number of fused-ring (bicyclic) bond motifs is 1. The van der Waals surface area contributed by atoms with Gasteiger partial charge < -0.3 is 15.1 Å². The van der Waals surface area contributed by atoms with E-state index >= 15 is 0 Å². The molecule has 2 aromatic carbocycles. The highest BCUT2D eigenvalue weighted by atomic mass is 32.2. The number of nitrogens with one attached hydrogen (secondary N) is 2. The first-order valence-corrected chi connectivity index (χ1v) is 14.3. The van der Waals surface area contributed by atoms with Crippen molar-refractivity contribution in [2.24, 2.45) is 0 Å². The van der Waals surface area contributed by atoms with Crippen LogP contribution in [-0.4, -0.2) is 62.3 Å². The van der Waals surface area contributed by atoms with Crippen molar-refractivity contribution in [3.63, 3.8) is 0 Å². The van der Waals surface area contributed by atoms with Crippen LogP contribution in [0.1, 0.15) is 6.92 Å². The molecule has 2 aromatic heterocycles. The summed E-state index contributed by atoms with van der Waals surface area (Å²) in [6.45, 7) is 7.50. The van der Waals surface area contributed by atoms with E-state index in [1.807, 2.05) is 35.8 Å². The number of hydrogen-bond acceptors (Lipinski definition) is 8. The zero-order chi connectivity index (χ0) is 24.4. The summed E-state index contributed by atoms with van der Waals surface area (Å²) >= 11 is 1.56. The van der Waals surface area contributed by atoms with E-state index in [2.05, 4.69) is 49.9 Å². The minimum absolute atomic E-state index is 0.522. The second-order valence-electron chi connectivity index (χ2n) is 8.61. The Morgan fingerprint density at radius 1 is 1.03 bits per heavy atom. The molecule has 1 saturated heterocycles. The van der Waals surface area contributed by atoms with Gasteiger partial charge in [-0.3, -0.25) is 4.72 Å². The summed E-state index contributed by atoms with van der Waals surface area (Å²) in [5, 5.41) is 5.39. The fourth-order valence-corrected chi connectivity index (χ4v) is 5.72. The van der Waals surface area contributed by atoms with Gasteiger partial charge >= 0.3 is 0 Å². The predicted molar refractivity (Wildman–Crippen MR) is 145 cm³/mol. The van der Waals surface area contributed by atoms with Gasteiger partial charge in [0.1, 0.15) is 0 Å². The smallest absolute Gasteiger partial charge is 0.229 e. The third-order valence-corrected chi connectivity index (χ3v) is 7.59. The van der Waals surface area contributed by atoms with Crippen molar-refractivity contribution in [2.75, 3.05) is 53.9 Å². The van der Waals surface area contributed by atoms with Gasteiger partial charge in [-0.1, -0.05) is 25.1 Å². The second kappa shape index (κ2) is 9.80. The van der Waals surface area contributed by atoms with E-state index in [0.717, 1.165) is 66.0 Å². The van der Waals surface area contributed by atoms with Gasteiger partial charge in [0.25, 0.3) is 0 Å². The molecule has 5 rings (SSSR count). The third kappa shape index (κ3) is 5.55. The molecule has 10 heteroatoms. The van der Waals surface area contributed by atoms with E-state index in [1.54, 1.807) is 17.4 Å². The lowest BCUT2D eigenvalue weighted by Gasteiger charge is -2.35. The molecule has 3 heterocycles. The van der Waals surface area contributed by atoms with Crippen molar-refractivity contribution in [1.82, 2.24) is 14.9 Å². The summed E-state index contributed by atoms with van der Waals surface area (Å²) in [4.78, 5) is 14.2. The maximum Gasteiger partial charge on any atom is 0.229 e. The third-order valence-electron chi connectivity index (χ3n) is 6.08. The fourth-order valence-electron chi connectivity index (χ4n) is 4.29. The Bertz CT molecular complexity index is 1450. The molecule has 0 radical (unpaired) electrons. The average molecular weight is 509 g/mol. The van der Waals surface area contributed by atoms with Gasteiger partial charge in [0.05, 0.1) is 22.7 Å². The normalized spacial score (nSPS) is 14.9. The highest BCUT2D eigenvalue weighted by molar-refractivity contribution is 7.92. The van der Waals surface area contributed by atoms with Crippen LogP contribution in [0.4, 0.5) is 23.0 Å². The summed E-state index contributed by atoms with van der Waals surface area (Å²) in [6, 6.07) is 15.7. The van der Waals surface area contributed by atoms with Crippen LogP contribution in [0.25, 0.3) is 21.3 Å². The van der Waals surface area contributed by atoms with Gasteiger partial charge in [-0.25, -0.2) is 18.4 Å². The van der Waals surface area contributed by atoms with E-state index in [-0.39, 0.29) is 0 Å². The molecule has 0 unspecified atom stereocenters. The van der Waals surface area contributed by atoms with Gasteiger partial charge in [-0.2, -0.15) is 0 Å². The standard InChI is InChI=1S/C25H28N6O2S2/c1-3-30-10-12-31(13-11-30)21-9-5-7-19(15-21)27-25-26-16-23-24(28-25)22(17-34-23)18-6-4-8-20(14-18)29-35(2,32)33/h4-9,14-17,29H,3,10-13H2,1-2H3,(H,26,27,28). The number of hydrogen-bond donors (Lipinski definition) is 2. The number of likely N-dealkylation sites (N-methyl/N-ethyl adjacent to an activating group) is 1. The largest absolute Gasteiger partial charge is 0.369 e. The zero-order valence-corrected chi connectivity index (χ0v) is 21.4. The van der Waals surface area contributed by atoms with Crippen LogP contribution in [0.3, 0.4) is 0 Å². The lowest BCUT2D eigenvalue weighted by molar-refractivity contribution is 0.271. The number of nitrogens with zero attached hydrogens (tertiary/aromatic N) is 4. The monoisotopic (exact) mass is 508 g/mol. The van der Waals surface area contributed by atoms with Crippen molar-refractivity contribution >= 4 is 54.6 Å². The molecule has 2 N–H and O–H groups in total. The number of thiophene rings is 1. The van der Waals surface area contributed by atoms with Crippen molar-refractivity contribution in [3.05, 3.63) is 60.1 Å². The summed E-state index contributed by atoms with van der Waals surface area (Å²) in [6.07, 6.45) is 2.97. The average Bonchev–Trinajstić information content (AvgIpc) is 3.27. The van der Waals surface area contributed by atoms with E-state index in [0.29, 0.717) is 11.6 Å². The summed E-state index contributed by atoms with van der Waals surface area (Å²) in [5.41, 5.74) is 5.32. The highest BCUT2D eigenvalue weighted by Gasteiger charge is 2.16. The van der Waals surface area contributed by atoms with Gasteiger partial charge in [0, 0.05) is 54.2 Å². The van der Waals surface area contributed by atoms with E-state index < -0.39 is 10.0 Å². The summed E-state index contributed by atoms with van der Waals surface area (Å²) in [7, 11) is -3.35. The molecule has 1 fully saturated rings. The predicted octanol–water partition coefficient (Wildman–Crippen LogP) is 4.62. The quantitative estimate of drug-likeness (QED) is 0.377. The van der Waals surface area contributed by atoms with Crippen LogP contribution >= 0.6 is 11.3 Å². The molecule has 0 amide bonds. The topological polar surface area (TPSA) is 90.5 Å². The van der Waals surface area contributed by atoms with Crippen molar-refractivity contribution in [3.8, 4) is 11.1 Å². The number of anilines is 4. The van der Waals surface area contributed by atoms with Crippen LogP contribution in [0.2, 0.25) is 0 Å². The fraction of sp³-hybridized carbons (Fsp3) is 0.280. The van der Waals surface area contributed by atoms with Gasteiger partial charge in [-0.05, 0) is 42.4 Å². The number of piperazine rings is 1. The number of sulfonamides is 1. The molecular weight excluding hydrogens is 480 g/mol. The molecule has 1 aliphatic rings. The first-order valence-electron chi connectivity index (χ1n) is 11.5. The Hall–Kier alpha value is -3.21. The van der Waals surface area contributed by atoms with E-state index in [4.69, 9.17) is 4.98 Å². The molecule has 0 aliphatic carbocycles. The van der Waals surface area contributed by atoms with Gasteiger partial charge in [0.2, 0.25) is 16.0 Å². The molecule has 8 nitrogen and oxygen atoms in total. The summed E-state index contributed by atoms with van der Waals surface area (Å²) in [5.74, 6) is 0.524. The molecule has 0 spiro atoms. The van der Waals surface area contributed by atoms with E-state index in [9.17, 15) is 8.42 Å². The molecule has 1 aliphatic heterocycles. The number of rotatable bonds is 7. The Kier molecular flexibility index (Phi) is 6.59. The van der Waals surface area contributed by atoms with Gasteiger partial charge in [-0.15, -0.1) is 11.3 Å². The Morgan fingerprint density at radius 3 is 2.57 bits per heavy atom. The SMILES string of the molecule is CCN1CCN(c2cccc(Nc3ncc4scc(-c5cccc(NS(C)(=O)=O)c5)c4n3)c2)CC1. The van der Waals surface area contributed by atoms with Crippen molar-refractivity contribution in [1.29, 1.82) is 0 Å². The number of aromatic nitrogens is 2. The van der Waals surface area contributed by atoms with Crippen molar-refractivity contribution in [2.45, 2.75) is 6.92 Å². The maximum absolute atomic E-state index is 11.6. The summed E-state index contributed by atoms with van der Waals surface area (Å²) < 4.78 is 26.8. The van der Waals surface area contributed by atoms with Crippen LogP contribution in [0.15, 0.2) is 60.1 Å². The minimum atomic E-state index is -3.35. The van der Waals surface area contributed by atoms with Crippen LogP contribution in [0.5, 0.6) is 0 Å². The molecule has 4 aromatic rings. The first-order chi connectivity index (χ1) is 16.9. The molecule has 35 heavy (non-hydrogen) atoms. The lowest BCUT2D eigenvalue weighted by Crippen LogP contribution is -2.46. The minimum Gasteiger partial charge on any atom is -0.369 e. The lowest BCUT2D eigenvalue weighted by atomic mass is 10.1. The number of benzene rings is 2. The zero-order valence-electron chi connectivity index (χ0n) is 19.7. The Labute approximate surface area is 209 Å². The van der Waals surface area contributed by atoms with Crippen LogP contribution in [-0.2, 0) is 10.0 Å². The maximum atomic E-state index is 11.6.